The fourth-order valence-electron chi connectivity index (χ4n) is 2.30. The predicted octanol–water partition coefficient (Wildman–Crippen LogP) is 2.97. The summed E-state index contributed by atoms with van der Waals surface area (Å²) in [7, 11) is 2.61. The van der Waals surface area contributed by atoms with Gasteiger partial charge in [-0.05, 0) is 44.2 Å². The van der Waals surface area contributed by atoms with Crippen LogP contribution in [-0.2, 0) is 10.8 Å². The van der Waals surface area contributed by atoms with Crippen LogP contribution in [0.3, 0.4) is 0 Å². The molecule has 0 amide bonds. The zero-order valence-corrected chi connectivity index (χ0v) is 13.1. The zero-order valence-electron chi connectivity index (χ0n) is 12.3. The van der Waals surface area contributed by atoms with Crippen molar-refractivity contribution >= 4 is 10.8 Å². The minimum atomic E-state index is -0.981. The number of hydrogen-bond acceptors (Lipinski definition) is 3. The maximum atomic E-state index is 12.7. The molecule has 0 aliphatic rings. The number of rotatable bonds is 8. The summed E-state index contributed by atoms with van der Waals surface area (Å²) in [6.07, 6.45) is 3.06. The minimum absolute atomic E-state index is 0.151. The first-order chi connectivity index (χ1) is 9.17. The van der Waals surface area contributed by atoms with Crippen LogP contribution in [-0.4, -0.2) is 29.7 Å². The lowest BCUT2D eigenvalue weighted by atomic mass is 10.1. The van der Waals surface area contributed by atoms with Gasteiger partial charge in [0.1, 0.15) is 5.75 Å². The standard InChI is InChI=1S/C15H25NO2S/c1-5-7-14(16-3)15(6-2)19(17)13-10-8-12(18-4)9-11-13/h8-11,14-16H,5-7H2,1-4H3. The Bertz CT molecular complexity index is 392. The summed E-state index contributed by atoms with van der Waals surface area (Å²) in [4.78, 5) is 0.879. The van der Waals surface area contributed by atoms with Crippen LogP contribution in [0, 0.1) is 0 Å². The van der Waals surface area contributed by atoms with Crippen molar-refractivity contribution in [1.29, 1.82) is 0 Å². The second kappa shape index (κ2) is 8.33. The highest BCUT2D eigenvalue weighted by Crippen LogP contribution is 2.21. The van der Waals surface area contributed by atoms with E-state index in [-0.39, 0.29) is 5.25 Å². The van der Waals surface area contributed by atoms with Gasteiger partial charge in [-0.15, -0.1) is 0 Å². The largest absolute Gasteiger partial charge is 0.497 e. The fraction of sp³-hybridized carbons (Fsp3) is 0.600. The maximum absolute atomic E-state index is 12.7. The topological polar surface area (TPSA) is 38.3 Å². The molecule has 0 spiro atoms. The van der Waals surface area contributed by atoms with E-state index in [2.05, 4.69) is 19.2 Å². The third-order valence-electron chi connectivity index (χ3n) is 3.39. The van der Waals surface area contributed by atoms with Crippen LogP contribution in [0.4, 0.5) is 0 Å². The lowest BCUT2D eigenvalue weighted by Crippen LogP contribution is -2.39. The predicted molar refractivity (Wildman–Crippen MR) is 81.2 cm³/mol. The van der Waals surface area contributed by atoms with Gasteiger partial charge < -0.3 is 10.1 Å². The van der Waals surface area contributed by atoms with E-state index in [1.54, 1.807) is 7.11 Å². The lowest BCUT2D eigenvalue weighted by Gasteiger charge is -2.25. The normalized spacial score (nSPS) is 15.8. The van der Waals surface area contributed by atoms with Crippen LogP contribution in [0.2, 0.25) is 0 Å². The third kappa shape index (κ3) is 4.32. The van der Waals surface area contributed by atoms with Gasteiger partial charge in [0.25, 0.3) is 0 Å². The summed E-state index contributed by atoms with van der Waals surface area (Å²) < 4.78 is 17.8. The molecule has 0 aromatic heterocycles. The Kier molecular flexibility index (Phi) is 7.10. The van der Waals surface area contributed by atoms with Crippen molar-refractivity contribution in [3.8, 4) is 5.75 Å². The number of ether oxygens (including phenoxy) is 1. The molecule has 1 rings (SSSR count). The molecule has 0 radical (unpaired) electrons. The van der Waals surface area contributed by atoms with Gasteiger partial charge in [-0.25, -0.2) is 0 Å². The van der Waals surface area contributed by atoms with E-state index in [1.807, 2.05) is 31.3 Å². The minimum Gasteiger partial charge on any atom is -0.497 e. The molecular weight excluding hydrogens is 258 g/mol. The molecule has 3 unspecified atom stereocenters. The van der Waals surface area contributed by atoms with Crippen LogP contribution < -0.4 is 10.1 Å². The van der Waals surface area contributed by atoms with Crippen LogP contribution in [0.15, 0.2) is 29.2 Å². The van der Waals surface area contributed by atoms with E-state index in [9.17, 15) is 4.21 Å². The Morgan fingerprint density at radius 3 is 2.32 bits per heavy atom. The van der Waals surface area contributed by atoms with Crippen molar-refractivity contribution in [3.05, 3.63) is 24.3 Å². The maximum Gasteiger partial charge on any atom is 0.118 e. The van der Waals surface area contributed by atoms with E-state index >= 15 is 0 Å². The van der Waals surface area contributed by atoms with E-state index in [0.29, 0.717) is 6.04 Å². The van der Waals surface area contributed by atoms with Crippen LogP contribution in [0.1, 0.15) is 33.1 Å². The first-order valence-electron chi connectivity index (χ1n) is 6.89. The number of methoxy groups -OCH3 is 1. The molecule has 1 aromatic rings. The second-order valence-corrected chi connectivity index (χ2v) is 6.28. The van der Waals surface area contributed by atoms with E-state index in [4.69, 9.17) is 4.74 Å². The van der Waals surface area contributed by atoms with Crippen LogP contribution in [0.25, 0.3) is 0 Å². The number of nitrogens with one attached hydrogen (secondary N) is 1. The molecular formula is C15H25NO2S. The van der Waals surface area contributed by atoms with Crippen molar-refractivity contribution in [1.82, 2.24) is 5.32 Å². The van der Waals surface area contributed by atoms with Crippen molar-refractivity contribution in [2.75, 3.05) is 14.2 Å². The van der Waals surface area contributed by atoms with Gasteiger partial charge in [0, 0.05) is 10.9 Å². The Hall–Kier alpha value is -0.870. The fourth-order valence-corrected chi connectivity index (χ4v) is 3.92. The molecule has 0 saturated carbocycles. The van der Waals surface area contributed by atoms with Gasteiger partial charge >= 0.3 is 0 Å². The monoisotopic (exact) mass is 283 g/mol. The summed E-state index contributed by atoms with van der Waals surface area (Å²) in [6, 6.07) is 7.84. The highest BCUT2D eigenvalue weighted by atomic mass is 32.2. The van der Waals surface area contributed by atoms with Crippen molar-refractivity contribution in [3.63, 3.8) is 0 Å². The van der Waals surface area contributed by atoms with Gasteiger partial charge in [-0.3, -0.25) is 4.21 Å². The Morgan fingerprint density at radius 2 is 1.89 bits per heavy atom. The molecule has 0 bridgehead atoms. The Morgan fingerprint density at radius 1 is 1.26 bits per heavy atom. The summed E-state index contributed by atoms with van der Waals surface area (Å²) in [5.41, 5.74) is 0. The quantitative estimate of drug-likeness (QED) is 0.797. The highest BCUT2D eigenvalue weighted by molar-refractivity contribution is 7.85. The highest BCUT2D eigenvalue weighted by Gasteiger charge is 2.24. The Labute approximate surface area is 119 Å². The van der Waals surface area contributed by atoms with Crippen molar-refractivity contribution in [2.45, 2.75) is 49.3 Å². The molecule has 0 saturated heterocycles. The molecule has 1 aromatic carbocycles. The molecule has 4 heteroatoms. The van der Waals surface area contributed by atoms with Gasteiger partial charge in [0.05, 0.1) is 23.2 Å². The van der Waals surface area contributed by atoms with Crippen LogP contribution >= 0.6 is 0 Å². The molecule has 108 valence electrons. The first kappa shape index (κ1) is 16.2. The van der Waals surface area contributed by atoms with Gasteiger partial charge in [-0.1, -0.05) is 20.3 Å². The third-order valence-corrected chi connectivity index (χ3v) is 5.34. The molecule has 1 N–H and O–H groups in total. The van der Waals surface area contributed by atoms with Crippen molar-refractivity contribution in [2.24, 2.45) is 0 Å². The van der Waals surface area contributed by atoms with Gasteiger partial charge in [0.15, 0.2) is 0 Å². The van der Waals surface area contributed by atoms with E-state index in [1.165, 1.54) is 0 Å². The molecule has 0 heterocycles. The zero-order chi connectivity index (χ0) is 14.3. The molecule has 19 heavy (non-hydrogen) atoms. The first-order valence-corrected chi connectivity index (χ1v) is 8.11. The molecule has 3 nitrogen and oxygen atoms in total. The summed E-state index contributed by atoms with van der Waals surface area (Å²) in [5.74, 6) is 0.799. The SMILES string of the molecule is CCCC(NC)C(CC)S(=O)c1ccc(OC)cc1. The number of hydrogen-bond donors (Lipinski definition) is 1. The molecule has 0 fully saturated rings. The summed E-state index contributed by atoms with van der Waals surface area (Å²) in [6.45, 7) is 4.26. The number of benzene rings is 1. The van der Waals surface area contributed by atoms with Crippen LogP contribution in [0.5, 0.6) is 5.75 Å². The molecule has 3 atom stereocenters. The Balaban J connectivity index is 2.87. The van der Waals surface area contributed by atoms with Gasteiger partial charge in [-0.2, -0.15) is 0 Å². The summed E-state index contributed by atoms with van der Waals surface area (Å²) in [5, 5.41) is 3.46. The smallest absolute Gasteiger partial charge is 0.118 e. The average molecular weight is 283 g/mol. The molecule has 0 aliphatic heterocycles. The van der Waals surface area contributed by atoms with E-state index < -0.39 is 10.8 Å². The average Bonchev–Trinajstić information content (AvgIpc) is 2.46. The van der Waals surface area contributed by atoms with Crippen molar-refractivity contribution < 1.29 is 8.95 Å². The molecule has 0 aliphatic carbocycles. The van der Waals surface area contributed by atoms with E-state index in [0.717, 1.165) is 29.9 Å². The lowest BCUT2D eigenvalue weighted by molar-refractivity contribution is 0.414. The summed E-state index contributed by atoms with van der Waals surface area (Å²) >= 11 is 0. The van der Waals surface area contributed by atoms with Gasteiger partial charge in [0.2, 0.25) is 0 Å². The second-order valence-electron chi connectivity index (χ2n) is 4.60.